The Bertz CT molecular complexity index is 864. The Kier molecular flexibility index (Phi) is 6.18. The Balaban J connectivity index is 2.13. The summed E-state index contributed by atoms with van der Waals surface area (Å²) in [5, 5.41) is 15.2. The van der Waals surface area contributed by atoms with Gasteiger partial charge in [-0.3, -0.25) is 9.59 Å². The number of amides is 1. The van der Waals surface area contributed by atoms with Crippen molar-refractivity contribution in [3.05, 3.63) is 69.8 Å². The van der Waals surface area contributed by atoms with Crippen molar-refractivity contribution in [2.45, 2.75) is 6.92 Å². The van der Waals surface area contributed by atoms with Gasteiger partial charge in [0.1, 0.15) is 11.6 Å². The van der Waals surface area contributed by atoms with E-state index in [1.165, 1.54) is 13.1 Å². The first-order valence-corrected chi connectivity index (χ1v) is 7.91. The summed E-state index contributed by atoms with van der Waals surface area (Å²) in [6.45, 7) is 1.45. The molecule has 2 aromatic rings. The maximum Gasteiger partial charge on any atom is 0.267 e. The lowest BCUT2D eigenvalue weighted by Gasteiger charge is -2.08. The number of carbonyl (C=O) groups is 2. The zero-order chi connectivity index (χ0) is 18.4. The molecular weight excluding hydrogens is 361 g/mol. The highest BCUT2D eigenvalue weighted by Crippen LogP contribution is 2.29. The van der Waals surface area contributed by atoms with Crippen LogP contribution in [0.25, 0.3) is 0 Å². The van der Waals surface area contributed by atoms with Crippen LogP contribution >= 0.6 is 23.2 Å². The van der Waals surface area contributed by atoms with Crippen LogP contribution in [0.4, 0.5) is 11.4 Å². The maximum absolute atomic E-state index is 12.2. The summed E-state index contributed by atoms with van der Waals surface area (Å²) >= 11 is 12.0. The number of hydrogen-bond donors (Lipinski definition) is 2. The summed E-state index contributed by atoms with van der Waals surface area (Å²) in [5.41, 5.74) is 1.24. The summed E-state index contributed by atoms with van der Waals surface area (Å²) in [7, 11) is 0. The lowest BCUT2D eigenvalue weighted by molar-refractivity contribution is -0.112. The maximum atomic E-state index is 12.2. The second-order valence-corrected chi connectivity index (χ2v) is 5.81. The zero-order valence-electron chi connectivity index (χ0n) is 13.1. The van der Waals surface area contributed by atoms with Gasteiger partial charge in [-0.25, -0.2) is 0 Å². The number of anilines is 2. The fourth-order valence-electron chi connectivity index (χ4n) is 1.92. The molecule has 0 atom stereocenters. The molecule has 2 rings (SSSR count). The monoisotopic (exact) mass is 373 g/mol. The quantitative estimate of drug-likeness (QED) is 0.453. The molecule has 0 fully saturated rings. The van der Waals surface area contributed by atoms with Gasteiger partial charge in [0.15, 0.2) is 5.78 Å². The number of Topliss-reactive ketones (excluding diaryl/α,β-unsaturated/α-hetero) is 1. The van der Waals surface area contributed by atoms with Crippen LogP contribution in [0.3, 0.4) is 0 Å². The Hall–Kier alpha value is -2.81. The second kappa shape index (κ2) is 8.34. The number of nitrogens with zero attached hydrogens (tertiary/aromatic N) is 1. The van der Waals surface area contributed by atoms with Gasteiger partial charge in [0.2, 0.25) is 0 Å². The van der Waals surface area contributed by atoms with E-state index in [-0.39, 0.29) is 11.4 Å². The van der Waals surface area contributed by atoms with Gasteiger partial charge in [0.25, 0.3) is 5.91 Å². The minimum atomic E-state index is -0.603. The summed E-state index contributed by atoms with van der Waals surface area (Å²) in [6, 6.07) is 13.1. The lowest BCUT2D eigenvalue weighted by Crippen LogP contribution is -2.14. The summed E-state index contributed by atoms with van der Waals surface area (Å²) < 4.78 is 0. The van der Waals surface area contributed by atoms with Gasteiger partial charge in [-0.05, 0) is 43.3 Å². The van der Waals surface area contributed by atoms with Crippen LogP contribution in [0.5, 0.6) is 0 Å². The molecule has 2 N–H and O–H groups in total. The van der Waals surface area contributed by atoms with Crippen molar-refractivity contribution in [3.8, 4) is 6.07 Å². The number of hydrogen-bond acceptors (Lipinski definition) is 4. The van der Waals surface area contributed by atoms with E-state index >= 15 is 0 Å². The number of ketones is 1. The van der Waals surface area contributed by atoms with Crippen molar-refractivity contribution in [1.82, 2.24) is 0 Å². The predicted molar refractivity (Wildman–Crippen MR) is 98.9 cm³/mol. The molecule has 0 aliphatic rings. The van der Waals surface area contributed by atoms with E-state index in [2.05, 4.69) is 10.6 Å². The van der Waals surface area contributed by atoms with Gasteiger partial charge in [-0.1, -0.05) is 29.3 Å². The second-order valence-electron chi connectivity index (χ2n) is 5.00. The van der Waals surface area contributed by atoms with Crippen LogP contribution in [0.1, 0.15) is 17.3 Å². The third-order valence-electron chi connectivity index (χ3n) is 3.24. The Morgan fingerprint density at radius 1 is 1.08 bits per heavy atom. The number of halogens is 2. The first-order valence-electron chi connectivity index (χ1n) is 7.15. The van der Waals surface area contributed by atoms with E-state index in [9.17, 15) is 14.9 Å². The molecule has 0 aliphatic heterocycles. The summed E-state index contributed by atoms with van der Waals surface area (Å²) in [5.74, 6) is -0.676. The molecule has 0 heterocycles. The fraction of sp³-hybridized carbons (Fsp3) is 0.0556. The van der Waals surface area contributed by atoms with Crippen LogP contribution in [0.2, 0.25) is 10.0 Å². The van der Waals surface area contributed by atoms with Gasteiger partial charge in [0, 0.05) is 17.5 Å². The van der Waals surface area contributed by atoms with Gasteiger partial charge >= 0.3 is 0 Å². The SMILES string of the molecule is CC(=O)c1ccc(NC(=O)/C(C#N)=C\Nc2c(Cl)cccc2Cl)cc1. The largest absolute Gasteiger partial charge is 0.358 e. The molecule has 0 radical (unpaired) electrons. The number of nitrogens with one attached hydrogen (secondary N) is 2. The Morgan fingerprint density at radius 3 is 2.20 bits per heavy atom. The van der Waals surface area contributed by atoms with Crippen LogP contribution in [0.15, 0.2) is 54.2 Å². The zero-order valence-corrected chi connectivity index (χ0v) is 14.7. The normalized spacial score (nSPS) is 10.7. The highest BCUT2D eigenvalue weighted by Gasteiger charge is 2.11. The lowest BCUT2D eigenvalue weighted by atomic mass is 10.1. The molecule has 7 heteroatoms. The van der Waals surface area contributed by atoms with Crippen molar-refractivity contribution in [2.24, 2.45) is 0 Å². The van der Waals surface area contributed by atoms with Crippen molar-refractivity contribution in [1.29, 1.82) is 5.26 Å². The van der Waals surface area contributed by atoms with E-state index < -0.39 is 5.91 Å². The molecule has 1 amide bonds. The van der Waals surface area contributed by atoms with E-state index in [0.29, 0.717) is 27.0 Å². The van der Waals surface area contributed by atoms with Gasteiger partial charge in [-0.2, -0.15) is 5.26 Å². The molecule has 0 saturated heterocycles. The van der Waals surface area contributed by atoms with E-state index in [1.54, 1.807) is 42.5 Å². The smallest absolute Gasteiger partial charge is 0.267 e. The van der Waals surface area contributed by atoms with E-state index in [4.69, 9.17) is 23.2 Å². The van der Waals surface area contributed by atoms with Crippen molar-refractivity contribution in [3.63, 3.8) is 0 Å². The minimum Gasteiger partial charge on any atom is -0.358 e. The Labute approximate surface area is 154 Å². The van der Waals surface area contributed by atoms with Crippen LogP contribution in [0, 0.1) is 11.3 Å². The first-order chi connectivity index (χ1) is 11.9. The number of rotatable bonds is 5. The molecule has 0 saturated carbocycles. The van der Waals surface area contributed by atoms with Crippen molar-refractivity contribution < 1.29 is 9.59 Å². The number of benzene rings is 2. The van der Waals surface area contributed by atoms with Crippen molar-refractivity contribution >= 4 is 46.3 Å². The Morgan fingerprint density at radius 2 is 1.68 bits per heavy atom. The predicted octanol–water partition coefficient (Wildman–Crippen LogP) is 4.65. The van der Waals surface area contributed by atoms with Crippen LogP contribution < -0.4 is 10.6 Å². The molecule has 126 valence electrons. The van der Waals surface area contributed by atoms with Crippen molar-refractivity contribution in [2.75, 3.05) is 10.6 Å². The molecule has 5 nitrogen and oxygen atoms in total. The van der Waals surface area contributed by atoms with Gasteiger partial charge < -0.3 is 10.6 Å². The highest BCUT2D eigenvalue weighted by molar-refractivity contribution is 6.39. The molecule has 0 aliphatic carbocycles. The molecule has 25 heavy (non-hydrogen) atoms. The third-order valence-corrected chi connectivity index (χ3v) is 3.87. The summed E-state index contributed by atoms with van der Waals surface area (Å²) in [4.78, 5) is 23.4. The average molecular weight is 374 g/mol. The molecule has 2 aromatic carbocycles. The summed E-state index contributed by atoms with van der Waals surface area (Å²) in [6.07, 6.45) is 1.23. The molecule has 0 spiro atoms. The molecule has 0 unspecified atom stereocenters. The van der Waals surface area contributed by atoms with Gasteiger partial charge in [-0.15, -0.1) is 0 Å². The topological polar surface area (TPSA) is 82.0 Å². The highest BCUT2D eigenvalue weighted by atomic mass is 35.5. The molecule has 0 bridgehead atoms. The third kappa shape index (κ3) is 4.83. The van der Waals surface area contributed by atoms with Crippen LogP contribution in [-0.4, -0.2) is 11.7 Å². The van der Waals surface area contributed by atoms with E-state index in [0.717, 1.165) is 0 Å². The van der Waals surface area contributed by atoms with E-state index in [1.807, 2.05) is 6.07 Å². The number of carbonyl (C=O) groups excluding carboxylic acids is 2. The number of para-hydroxylation sites is 1. The van der Waals surface area contributed by atoms with Crippen LogP contribution in [-0.2, 0) is 4.79 Å². The minimum absolute atomic E-state index is 0.0729. The van der Waals surface area contributed by atoms with Gasteiger partial charge in [0.05, 0.1) is 15.7 Å². The average Bonchev–Trinajstić information content (AvgIpc) is 2.58. The standard InChI is InChI=1S/C18H13Cl2N3O2/c1-11(24)12-5-7-14(8-6-12)23-18(25)13(9-21)10-22-17-15(19)3-2-4-16(17)20/h2-8,10,22H,1H3,(H,23,25)/b13-10-. The molecule has 0 aromatic heterocycles. The molecular formula is C18H13Cl2N3O2. The first kappa shape index (κ1) is 18.5. The fourth-order valence-corrected chi connectivity index (χ4v) is 2.42. The number of nitriles is 1.